The summed E-state index contributed by atoms with van der Waals surface area (Å²) in [5.74, 6) is 0.419. The molecule has 1 aromatic rings. The van der Waals surface area contributed by atoms with E-state index in [2.05, 4.69) is 12.2 Å². The maximum Gasteiger partial charge on any atom is 0.411 e. The summed E-state index contributed by atoms with van der Waals surface area (Å²) in [5.41, 5.74) is 1.63. The fraction of sp³-hybridized carbons (Fsp3) is 0.636. The molecule has 5 nitrogen and oxygen atoms in total. The van der Waals surface area contributed by atoms with E-state index in [0.717, 1.165) is 30.4 Å². The van der Waals surface area contributed by atoms with Crippen molar-refractivity contribution in [2.75, 3.05) is 0 Å². The van der Waals surface area contributed by atoms with E-state index >= 15 is 0 Å². The van der Waals surface area contributed by atoms with Crippen LogP contribution in [0.15, 0.2) is 24.3 Å². The van der Waals surface area contributed by atoms with Gasteiger partial charge in [-0.3, -0.25) is 9.69 Å². The van der Waals surface area contributed by atoms with Gasteiger partial charge in [0.2, 0.25) is 5.91 Å². The summed E-state index contributed by atoms with van der Waals surface area (Å²) in [6.45, 7) is 8.15. The predicted molar refractivity (Wildman–Crippen MR) is 105 cm³/mol. The smallest absolute Gasteiger partial charge is 0.411 e. The van der Waals surface area contributed by atoms with Gasteiger partial charge in [-0.15, -0.1) is 0 Å². The van der Waals surface area contributed by atoms with Crippen molar-refractivity contribution >= 4 is 12.0 Å². The molecule has 3 atom stereocenters. The van der Waals surface area contributed by atoms with Gasteiger partial charge in [-0.25, -0.2) is 4.79 Å². The summed E-state index contributed by atoms with van der Waals surface area (Å²) in [7, 11) is 0. The van der Waals surface area contributed by atoms with Crippen LogP contribution in [0.4, 0.5) is 4.79 Å². The maximum atomic E-state index is 13.1. The van der Waals surface area contributed by atoms with Gasteiger partial charge in [-0.1, -0.05) is 44.0 Å². The number of ether oxygens (including phenoxy) is 1. The molecule has 0 unspecified atom stereocenters. The monoisotopic (exact) mass is 372 g/mol. The Hall–Kier alpha value is -2.04. The highest BCUT2D eigenvalue weighted by molar-refractivity contribution is 5.87. The fourth-order valence-electron chi connectivity index (χ4n) is 4.08. The molecular formula is C22H32N2O3. The Morgan fingerprint density at radius 1 is 1.11 bits per heavy atom. The highest BCUT2D eigenvalue weighted by Gasteiger charge is 2.38. The molecular weight excluding hydrogens is 340 g/mol. The molecule has 0 radical (unpaired) electrons. The van der Waals surface area contributed by atoms with Gasteiger partial charge in [0.05, 0.1) is 6.54 Å². The van der Waals surface area contributed by atoms with E-state index in [1.54, 1.807) is 4.90 Å². The molecule has 3 rings (SSSR count). The zero-order valence-electron chi connectivity index (χ0n) is 17.0. The Morgan fingerprint density at radius 3 is 2.44 bits per heavy atom. The van der Waals surface area contributed by atoms with Gasteiger partial charge in [-0.2, -0.15) is 0 Å². The third-order valence-electron chi connectivity index (χ3n) is 5.62. The van der Waals surface area contributed by atoms with Crippen molar-refractivity contribution < 1.29 is 14.3 Å². The van der Waals surface area contributed by atoms with Crippen LogP contribution in [-0.4, -0.2) is 34.6 Å². The van der Waals surface area contributed by atoms with Crippen LogP contribution in [0.3, 0.4) is 0 Å². The molecule has 5 heteroatoms. The number of nitrogens with zero attached hydrogens (tertiary/aromatic N) is 1. The van der Waals surface area contributed by atoms with E-state index in [1.807, 2.05) is 45.0 Å². The summed E-state index contributed by atoms with van der Waals surface area (Å²) in [5, 5.41) is 3.23. The minimum Gasteiger partial charge on any atom is -0.444 e. The number of benzene rings is 1. The van der Waals surface area contributed by atoms with Gasteiger partial charge in [0.1, 0.15) is 11.6 Å². The molecule has 0 spiro atoms. The normalized spacial score (nSPS) is 25.5. The van der Waals surface area contributed by atoms with E-state index < -0.39 is 17.7 Å². The van der Waals surface area contributed by atoms with Crippen LogP contribution in [0.2, 0.25) is 0 Å². The maximum absolute atomic E-state index is 13.1. The zero-order chi connectivity index (χ0) is 19.6. The molecule has 27 heavy (non-hydrogen) atoms. The third kappa shape index (κ3) is 4.82. The van der Waals surface area contributed by atoms with Gasteiger partial charge >= 0.3 is 6.09 Å². The van der Waals surface area contributed by atoms with E-state index in [9.17, 15) is 9.59 Å². The molecule has 2 aliphatic rings. The van der Waals surface area contributed by atoms with Crippen LogP contribution in [0, 0.1) is 5.92 Å². The van der Waals surface area contributed by atoms with Gasteiger partial charge in [-0.05, 0) is 50.7 Å². The second kappa shape index (κ2) is 7.91. The quantitative estimate of drug-likeness (QED) is 0.852. The van der Waals surface area contributed by atoms with Crippen LogP contribution in [-0.2, 0) is 22.5 Å². The molecule has 1 heterocycles. The number of rotatable bonds is 2. The highest BCUT2D eigenvalue weighted by atomic mass is 16.6. The molecule has 1 fully saturated rings. The van der Waals surface area contributed by atoms with Gasteiger partial charge in [0.25, 0.3) is 0 Å². The standard InChI is InChI=1S/C22H32N2O3/c1-15-9-5-8-12-18(15)23-20(25)19-13-16-10-6-7-11-17(16)14-24(19)21(26)27-22(2,3)4/h6-7,10-11,15,18-19H,5,8-9,12-14H2,1-4H3,(H,23,25)/t15-,18-,19-/m1/s1. The highest BCUT2D eigenvalue weighted by Crippen LogP contribution is 2.27. The van der Waals surface area contributed by atoms with E-state index in [1.165, 1.54) is 6.42 Å². The number of nitrogens with one attached hydrogen (secondary N) is 1. The summed E-state index contributed by atoms with van der Waals surface area (Å²) in [6, 6.07) is 7.69. The first-order chi connectivity index (χ1) is 12.7. The zero-order valence-corrected chi connectivity index (χ0v) is 17.0. The molecule has 0 bridgehead atoms. The van der Waals surface area contributed by atoms with Crippen molar-refractivity contribution in [3.05, 3.63) is 35.4 Å². The molecule has 1 saturated carbocycles. The van der Waals surface area contributed by atoms with Crippen molar-refractivity contribution in [1.29, 1.82) is 0 Å². The van der Waals surface area contributed by atoms with E-state index in [4.69, 9.17) is 4.74 Å². The fourth-order valence-corrected chi connectivity index (χ4v) is 4.08. The topological polar surface area (TPSA) is 58.6 Å². The number of hydrogen-bond acceptors (Lipinski definition) is 3. The first-order valence-electron chi connectivity index (χ1n) is 10.1. The average molecular weight is 373 g/mol. The summed E-state index contributed by atoms with van der Waals surface area (Å²) >= 11 is 0. The Bertz CT molecular complexity index is 695. The molecule has 1 aliphatic heterocycles. The lowest BCUT2D eigenvalue weighted by molar-refractivity contribution is -0.128. The molecule has 1 aromatic carbocycles. The minimum atomic E-state index is -0.590. The second-order valence-electron chi connectivity index (χ2n) is 8.97. The molecule has 1 N–H and O–H groups in total. The average Bonchev–Trinajstić information content (AvgIpc) is 2.61. The van der Waals surface area contributed by atoms with Gasteiger partial charge in [0.15, 0.2) is 0 Å². The Morgan fingerprint density at radius 2 is 1.78 bits per heavy atom. The molecule has 0 aromatic heterocycles. The Balaban J connectivity index is 1.80. The first-order valence-corrected chi connectivity index (χ1v) is 10.1. The third-order valence-corrected chi connectivity index (χ3v) is 5.62. The van der Waals surface area contributed by atoms with Crippen molar-refractivity contribution in [3.8, 4) is 0 Å². The van der Waals surface area contributed by atoms with E-state index in [0.29, 0.717) is 18.9 Å². The number of carbonyl (C=O) groups excluding carboxylic acids is 2. The predicted octanol–water partition coefficient (Wildman–Crippen LogP) is 4.04. The SMILES string of the molecule is C[C@@H]1CCCC[C@H]1NC(=O)[C@H]1Cc2ccccc2CN1C(=O)OC(C)(C)C. The number of fused-ring (bicyclic) bond motifs is 1. The van der Waals surface area contributed by atoms with Crippen LogP contribution in [0.1, 0.15) is 64.5 Å². The van der Waals surface area contributed by atoms with Crippen molar-refractivity contribution in [2.24, 2.45) is 5.92 Å². The van der Waals surface area contributed by atoms with Gasteiger partial charge in [0, 0.05) is 12.5 Å². The van der Waals surface area contributed by atoms with Gasteiger partial charge < -0.3 is 10.1 Å². The Labute approximate surface area is 162 Å². The minimum absolute atomic E-state index is 0.0610. The van der Waals surface area contributed by atoms with Crippen LogP contribution in [0.25, 0.3) is 0 Å². The Kier molecular flexibility index (Phi) is 5.78. The van der Waals surface area contributed by atoms with Crippen LogP contribution < -0.4 is 5.32 Å². The van der Waals surface area contributed by atoms with Crippen LogP contribution in [0.5, 0.6) is 0 Å². The second-order valence-corrected chi connectivity index (χ2v) is 8.97. The molecule has 1 aliphatic carbocycles. The number of amides is 2. The van der Waals surface area contributed by atoms with Crippen molar-refractivity contribution in [1.82, 2.24) is 10.2 Å². The van der Waals surface area contributed by atoms with E-state index in [-0.39, 0.29) is 11.9 Å². The summed E-state index contributed by atoms with van der Waals surface area (Å²) in [6.07, 6.45) is 4.65. The number of hydrogen-bond donors (Lipinski definition) is 1. The lowest BCUT2D eigenvalue weighted by atomic mass is 9.85. The number of carbonyl (C=O) groups is 2. The molecule has 148 valence electrons. The first kappa shape index (κ1) is 19.7. The summed E-state index contributed by atoms with van der Waals surface area (Å²) in [4.78, 5) is 27.6. The largest absolute Gasteiger partial charge is 0.444 e. The molecule has 0 saturated heterocycles. The molecule has 2 amide bonds. The van der Waals surface area contributed by atoms with Crippen molar-refractivity contribution in [2.45, 2.75) is 84.0 Å². The lowest BCUT2D eigenvalue weighted by Crippen LogP contribution is -2.56. The van der Waals surface area contributed by atoms with Crippen LogP contribution >= 0.6 is 0 Å². The lowest BCUT2D eigenvalue weighted by Gasteiger charge is -2.38. The van der Waals surface area contributed by atoms with Crippen molar-refractivity contribution in [3.63, 3.8) is 0 Å². The summed E-state index contributed by atoms with van der Waals surface area (Å²) < 4.78 is 5.59.